The fourth-order valence-corrected chi connectivity index (χ4v) is 5.64. The normalized spacial score (nSPS) is 29.8. The summed E-state index contributed by atoms with van der Waals surface area (Å²) < 4.78 is 5.40. The van der Waals surface area contributed by atoms with Crippen LogP contribution in [-0.4, -0.2) is 52.8 Å². The average Bonchev–Trinajstić information content (AvgIpc) is 3.10. The number of carbonyl (C=O) groups excluding carboxylic acids is 2. The van der Waals surface area contributed by atoms with E-state index in [2.05, 4.69) is 11.9 Å². The van der Waals surface area contributed by atoms with Crippen LogP contribution < -0.4 is 4.74 Å². The van der Waals surface area contributed by atoms with E-state index in [0.29, 0.717) is 12.5 Å². The number of ether oxygens (including phenoxy) is 1. The lowest BCUT2D eigenvalue weighted by molar-refractivity contribution is -0.169. The minimum absolute atomic E-state index is 0.0626. The van der Waals surface area contributed by atoms with Gasteiger partial charge in [-0.25, -0.2) is 0 Å². The van der Waals surface area contributed by atoms with Gasteiger partial charge in [-0.05, 0) is 68.7 Å². The second-order valence-electron chi connectivity index (χ2n) is 9.10. The predicted octanol–water partition coefficient (Wildman–Crippen LogP) is 3.20. The molecule has 2 amide bonds. The van der Waals surface area contributed by atoms with E-state index in [-0.39, 0.29) is 24.4 Å². The maximum Gasteiger partial charge on any atom is 0.255 e. The molecule has 154 valence electrons. The number of carbonyl (C=O) groups is 2. The van der Waals surface area contributed by atoms with Gasteiger partial charge >= 0.3 is 0 Å². The van der Waals surface area contributed by atoms with E-state index in [4.69, 9.17) is 4.74 Å². The molecule has 5 rings (SSSR count). The number of hydrogen-bond donors (Lipinski definition) is 1. The first-order valence-electron chi connectivity index (χ1n) is 10.7. The third-order valence-electron chi connectivity index (χ3n) is 7.44. The Morgan fingerprint density at radius 2 is 1.93 bits per heavy atom. The molecule has 2 fully saturated rings. The van der Waals surface area contributed by atoms with E-state index in [0.717, 1.165) is 60.0 Å². The molecule has 1 saturated carbocycles. The molecule has 1 N–H and O–H groups in total. The van der Waals surface area contributed by atoms with Crippen LogP contribution in [0, 0.1) is 5.92 Å². The van der Waals surface area contributed by atoms with Crippen LogP contribution in [0.25, 0.3) is 10.9 Å². The molecule has 1 aliphatic carbocycles. The maximum absolute atomic E-state index is 13.9. The number of aromatic amines is 1. The average molecular weight is 396 g/mol. The third kappa shape index (κ3) is 2.61. The molecule has 6 nitrogen and oxygen atoms in total. The van der Waals surface area contributed by atoms with Crippen LogP contribution in [0.15, 0.2) is 18.2 Å². The van der Waals surface area contributed by atoms with Crippen LogP contribution in [0.1, 0.15) is 50.8 Å². The Labute approximate surface area is 171 Å². The zero-order valence-corrected chi connectivity index (χ0v) is 17.5. The van der Waals surface area contributed by atoms with Gasteiger partial charge in [-0.3, -0.25) is 9.59 Å². The van der Waals surface area contributed by atoms with Gasteiger partial charge in [0.1, 0.15) is 12.3 Å². The third-order valence-corrected chi connectivity index (χ3v) is 7.44. The molecule has 29 heavy (non-hydrogen) atoms. The Morgan fingerprint density at radius 3 is 2.66 bits per heavy atom. The van der Waals surface area contributed by atoms with Crippen molar-refractivity contribution in [3.63, 3.8) is 0 Å². The smallest absolute Gasteiger partial charge is 0.255 e. The molecule has 0 spiro atoms. The monoisotopic (exact) mass is 395 g/mol. The second-order valence-corrected chi connectivity index (χ2v) is 9.10. The first kappa shape index (κ1) is 18.5. The van der Waals surface area contributed by atoms with E-state index >= 15 is 0 Å². The first-order valence-corrected chi connectivity index (χ1v) is 10.7. The van der Waals surface area contributed by atoms with Gasteiger partial charge in [-0.2, -0.15) is 0 Å². The van der Waals surface area contributed by atoms with Crippen LogP contribution in [-0.2, 0) is 21.5 Å². The van der Waals surface area contributed by atoms with Gasteiger partial charge in [0, 0.05) is 23.5 Å². The summed E-state index contributed by atoms with van der Waals surface area (Å²) >= 11 is 0. The van der Waals surface area contributed by atoms with Crippen molar-refractivity contribution in [2.75, 3.05) is 20.2 Å². The minimum atomic E-state index is -0.960. The molecule has 0 radical (unpaired) electrons. The van der Waals surface area contributed by atoms with Crippen LogP contribution >= 0.6 is 0 Å². The fraction of sp³-hybridized carbons (Fsp3) is 0.565. The number of benzene rings is 1. The second kappa shape index (κ2) is 6.51. The summed E-state index contributed by atoms with van der Waals surface area (Å²) in [5.41, 5.74) is 2.04. The summed E-state index contributed by atoms with van der Waals surface area (Å²) in [5, 5.41) is 1.09. The van der Waals surface area contributed by atoms with Gasteiger partial charge in [-0.1, -0.05) is 6.92 Å². The predicted molar refractivity (Wildman–Crippen MR) is 111 cm³/mol. The zero-order valence-electron chi connectivity index (χ0n) is 17.5. The summed E-state index contributed by atoms with van der Waals surface area (Å²) in [7, 11) is 1.66. The van der Waals surface area contributed by atoms with Crippen LogP contribution in [0.2, 0.25) is 0 Å². The molecule has 1 saturated heterocycles. The number of H-pyrrole nitrogens is 1. The van der Waals surface area contributed by atoms with Crippen molar-refractivity contribution in [2.45, 2.75) is 57.5 Å². The molecular formula is C23H29N3O3. The SMILES string of the molecule is COc1ccc2[nH]c3c(c2c1)CCN1C(=O)CN(C2CCC(C)CC2)C(=O)[C@]31C. The number of nitrogens with one attached hydrogen (secondary N) is 1. The highest BCUT2D eigenvalue weighted by molar-refractivity contribution is 6.01. The summed E-state index contributed by atoms with van der Waals surface area (Å²) in [6, 6.07) is 6.12. The first-order chi connectivity index (χ1) is 13.9. The number of nitrogens with zero attached hydrogens (tertiary/aromatic N) is 2. The van der Waals surface area contributed by atoms with Crippen molar-refractivity contribution in [1.29, 1.82) is 0 Å². The van der Waals surface area contributed by atoms with Gasteiger partial charge in [0.15, 0.2) is 5.54 Å². The van der Waals surface area contributed by atoms with Crippen molar-refractivity contribution in [2.24, 2.45) is 5.92 Å². The lowest BCUT2D eigenvalue weighted by Gasteiger charge is -2.52. The Morgan fingerprint density at radius 1 is 1.17 bits per heavy atom. The molecule has 0 unspecified atom stereocenters. The standard InChI is InChI=1S/C23H29N3O3/c1-14-4-6-15(7-5-14)25-13-20(27)26-11-10-17-18-12-16(29-3)8-9-19(18)24-21(17)23(26,2)22(25)28/h8-9,12,14-15,24H,4-7,10-11,13H2,1-3H3/t14?,15?,23-/m0/s1. The van der Waals surface area contributed by atoms with Crippen molar-refractivity contribution >= 4 is 22.7 Å². The molecule has 1 aromatic carbocycles. The van der Waals surface area contributed by atoms with E-state index in [1.54, 1.807) is 12.0 Å². The molecule has 1 aromatic heterocycles. The molecule has 2 aromatic rings. The molecule has 6 heteroatoms. The van der Waals surface area contributed by atoms with E-state index in [1.807, 2.05) is 30.0 Å². The van der Waals surface area contributed by atoms with Crippen molar-refractivity contribution in [3.05, 3.63) is 29.5 Å². The summed E-state index contributed by atoms with van der Waals surface area (Å²) in [6.45, 7) is 4.99. The van der Waals surface area contributed by atoms with Gasteiger partial charge in [0.2, 0.25) is 5.91 Å². The fourth-order valence-electron chi connectivity index (χ4n) is 5.64. The van der Waals surface area contributed by atoms with Gasteiger partial charge < -0.3 is 19.5 Å². The van der Waals surface area contributed by atoms with Crippen molar-refractivity contribution < 1.29 is 14.3 Å². The number of methoxy groups -OCH3 is 1. The Balaban J connectivity index is 1.59. The van der Waals surface area contributed by atoms with Crippen LogP contribution in [0.4, 0.5) is 0 Å². The topological polar surface area (TPSA) is 65.6 Å². The lowest BCUT2D eigenvalue weighted by Crippen LogP contribution is -2.68. The van der Waals surface area contributed by atoms with E-state index in [9.17, 15) is 9.59 Å². The minimum Gasteiger partial charge on any atom is -0.497 e. The van der Waals surface area contributed by atoms with Crippen molar-refractivity contribution in [1.82, 2.24) is 14.8 Å². The molecule has 1 atom stereocenters. The number of rotatable bonds is 2. The lowest BCUT2D eigenvalue weighted by atomic mass is 9.80. The largest absolute Gasteiger partial charge is 0.497 e. The summed E-state index contributed by atoms with van der Waals surface area (Å²) in [5.74, 6) is 1.64. The van der Waals surface area contributed by atoms with Crippen molar-refractivity contribution in [3.8, 4) is 5.75 Å². The number of fused-ring (bicyclic) bond motifs is 5. The molecule has 0 bridgehead atoms. The van der Waals surface area contributed by atoms with Gasteiger partial charge in [0.25, 0.3) is 5.91 Å². The van der Waals surface area contributed by atoms with Gasteiger partial charge in [-0.15, -0.1) is 0 Å². The molecule has 3 aliphatic rings. The van der Waals surface area contributed by atoms with Crippen LogP contribution in [0.5, 0.6) is 5.75 Å². The molecule has 2 aliphatic heterocycles. The Kier molecular flexibility index (Phi) is 4.16. The maximum atomic E-state index is 13.9. The zero-order chi connectivity index (χ0) is 20.3. The number of hydrogen-bond acceptors (Lipinski definition) is 3. The quantitative estimate of drug-likeness (QED) is 0.849. The Hall–Kier alpha value is -2.50. The number of piperazine rings is 1. The highest BCUT2D eigenvalue weighted by atomic mass is 16.5. The molecule has 3 heterocycles. The highest BCUT2D eigenvalue weighted by Gasteiger charge is 2.55. The number of amides is 2. The summed E-state index contributed by atoms with van der Waals surface area (Å²) in [4.78, 5) is 34.1. The van der Waals surface area contributed by atoms with E-state index in [1.165, 1.54) is 0 Å². The summed E-state index contributed by atoms with van der Waals surface area (Å²) in [6.07, 6.45) is 4.99. The Bertz CT molecular complexity index is 989. The number of aromatic nitrogens is 1. The highest BCUT2D eigenvalue weighted by Crippen LogP contribution is 2.43. The molecular weight excluding hydrogens is 366 g/mol. The van der Waals surface area contributed by atoms with Gasteiger partial charge in [0.05, 0.1) is 12.8 Å². The van der Waals surface area contributed by atoms with Crippen LogP contribution in [0.3, 0.4) is 0 Å². The van der Waals surface area contributed by atoms with E-state index < -0.39 is 5.54 Å².